The van der Waals surface area contributed by atoms with Gasteiger partial charge in [-0.2, -0.15) is 0 Å². The van der Waals surface area contributed by atoms with Crippen LogP contribution in [0.2, 0.25) is 0 Å². The quantitative estimate of drug-likeness (QED) is 0.803. The van der Waals surface area contributed by atoms with Gasteiger partial charge in [-0.25, -0.2) is 4.79 Å². The molecule has 2 heterocycles. The molecule has 0 aliphatic carbocycles. The van der Waals surface area contributed by atoms with Gasteiger partial charge in [0, 0.05) is 12.5 Å². The van der Waals surface area contributed by atoms with Crippen molar-refractivity contribution in [3.05, 3.63) is 47.8 Å². The van der Waals surface area contributed by atoms with E-state index in [1.807, 2.05) is 12.1 Å². The highest BCUT2D eigenvalue weighted by Crippen LogP contribution is 2.09. The molecular weight excluding hydrogens is 246 g/mol. The molecule has 2 aromatic heterocycles. The van der Waals surface area contributed by atoms with E-state index in [-0.39, 0.29) is 5.56 Å². The molecule has 5 nitrogen and oxygen atoms in total. The van der Waals surface area contributed by atoms with E-state index >= 15 is 0 Å². The normalized spacial score (nSPS) is 12.5. The Morgan fingerprint density at radius 1 is 1.42 bits per heavy atom. The van der Waals surface area contributed by atoms with Crippen LogP contribution in [-0.4, -0.2) is 17.1 Å². The molecular formula is C14H17NO4. The van der Waals surface area contributed by atoms with Crippen molar-refractivity contribution in [2.24, 2.45) is 0 Å². The Bertz CT molecular complexity index is 515. The second-order valence-electron chi connectivity index (χ2n) is 4.51. The van der Waals surface area contributed by atoms with Crippen LogP contribution in [0.25, 0.3) is 0 Å². The minimum Gasteiger partial charge on any atom is -0.478 e. The number of carboxylic acid groups (broad SMARTS) is 1. The molecule has 0 saturated carbocycles. The van der Waals surface area contributed by atoms with Gasteiger partial charge >= 0.3 is 5.97 Å². The summed E-state index contributed by atoms with van der Waals surface area (Å²) in [6.07, 6.45) is 4.75. The predicted molar refractivity (Wildman–Crippen MR) is 69.0 cm³/mol. The highest BCUT2D eigenvalue weighted by molar-refractivity contribution is 5.87. The molecule has 0 radical (unpaired) electrons. The lowest BCUT2D eigenvalue weighted by Gasteiger charge is -2.11. The van der Waals surface area contributed by atoms with Crippen LogP contribution in [0.1, 0.15) is 35.2 Å². The summed E-state index contributed by atoms with van der Waals surface area (Å²) in [6.45, 7) is 2.59. The summed E-state index contributed by atoms with van der Waals surface area (Å²) in [5.74, 6) is 0.628. The third-order valence-corrected chi connectivity index (χ3v) is 2.93. The van der Waals surface area contributed by atoms with Crippen LogP contribution >= 0.6 is 0 Å². The zero-order chi connectivity index (χ0) is 13.7. The van der Waals surface area contributed by atoms with E-state index < -0.39 is 5.97 Å². The number of hydrogen-bond acceptors (Lipinski definition) is 4. The van der Waals surface area contributed by atoms with Gasteiger partial charge in [0.25, 0.3) is 0 Å². The maximum atomic E-state index is 10.7. The molecule has 1 atom stereocenters. The van der Waals surface area contributed by atoms with E-state index in [1.165, 1.54) is 12.3 Å². The maximum Gasteiger partial charge on any atom is 0.338 e. The maximum absolute atomic E-state index is 10.7. The van der Waals surface area contributed by atoms with Gasteiger partial charge in [-0.05, 0) is 31.5 Å². The van der Waals surface area contributed by atoms with Crippen molar-refractivity contribution in [3.63, 3.8) is 0 Å². The van der Waals surface area contributed by atoms with E-state index in [2.05, 4.69) is 12.2 Å². The minimum atomic E-state index is -0.971. The van der Waals surface area contributed by atoms with Crippen LogP contribution in [0.3, 0.4) is 0 Å². The number of aryl methyl sites for hydroxylation is 1. The van der Waals surface area contributed by atoms with Crippen LogP contribution in [0.15, 0.2) is 39.6 Å². The molecule has 0 aliphatic rings. The van der Waals surface area contributed by atoms with Gasteiger partial charge in [-0.15, -0.1) is 0 Å². The monoisotopic (exact) mass is 263 g/mol. The molecule has 0 saturated heterocycles. The van der Waals surface area contributed by atoms with Gasteiger partial charge in [0.05, 0.1) is 18.4 Å². The molecule has 2 N–H and O–H groups in total. The fraction of sp³-hybridized carbons (Fsp3) is 0.357. The fourth-order valence-electron chi connectivity index (χ4n) is 1.78. The highest BCUT2D eigenvalue weighted by Gasteiger charge is 2.09. The van der Waals surface area contributed by atoms with Crippen LogP contribution < -0.4 is 5.32 Å². The summed E-state index contributed by atoms with van der Waals surface area (Å²) >= 11 is 0. The summed E-state index contributed by atoms with van der Waals surface area (Å²) < 4.78 is 10.4. The Hall–Kier alpha value is -2.01. The fourth-order valence-corrected chi connectivity index (χ4v) is 1.78. The predicted octanol–water partition coefficient (Wildman–Crippen LogP) is 2.68. The summed E-state index contributed by atoms with van der Waals surface area (Å²) in [6, 6.07) is 5.67. The van der Waals surface area contributed by atoms with Crippen LogP contribution in [0, 0.1) is 0 Å². The first kappa shape index (κ1) is 13.4. The Kier molecular flexibility index (Phi) is 4.41. The molecule has 0 spiro atoms. The van der Waals surface area contributed by atoms with E-state index in [0.717, 1.165) is 18.6 Å². The SMILES string of the molecule is CC(CCc1ccco1)NCc1cc(C(=O)O)co1. The third-order valence-electron chi connectivity index (χ3n) is 2.93. The second kappa shape index (κ2) is 6.24. The largest absolute Gasteiger partial charge is 0.478 e. The minimum absolute atomic E-state index is 0.181. The average Bonchev–Trinajstić information content (AvgIpc) is 3.05. The lowest BCUT2D eigenvalue weighted by atomic mass is 10.1. The lowest BCUT2D eigenvalue weighted by Crippen LogP contribution is -2.25. The van der Waals surface area contributed by atoms with Crippen LogP contribution in [-0.2, 0) is 13.0 Å². The summed E-state index contributed by atoms with van der Waals surface area (Å²) in [4.78, 5) is 10.7. The first-order chi connectivity index (χ1) is 9.15. The molecule has 0 amide bonds. The number of hydrogen-bond donors (Lipinski definition) is 2. The second-order valence-corrected chi connectivity index (χ2v) is 4.51. The number of carbonyl (C=O) groups is 1. The number of aromatic carboxylic acids is 1. The Morgan fingerprint density at radius 3 is 2.89 bits per heavy atom. The molecule has 0 fully saturated rings. The van der Waals surface area contributed by atoms with Crippen molar-refractivity contribution >= 4 is 5.97 Å². The third kappa shape index (κ3) is 3.99. The summed E-state index contributed by atoms with van der Waals surface area (Å²) in [7, 11) is 0. The van der Waals surface area contributed by atoms with Crippen molar-refractivity contribution < 1.29 is 18.7 Å². The first-order valence-electron chi connectivity index (χ1n) is 6.21. The van der Waals surface area contributed by atoms with Crippen molar-refractivity contribution in [1.82, 2.24) is 5.32 Å². The van der Waals surface area contributed by atoms with Gasteiger partial charge < -0.3 is 19.3 Å². The highest BCUT2D eigenvalue weighted by atomic mass is 16.4. The van der Waals surface area contributed by atoms with Gasteiger partial charge in [-0.3, -0.25) is 0 Å². The Morgan fingerprint density at radius 2 is 2.26 bits per heavy atom. The zero-order valence-electron chi connectivity index (χ0n) is 10.8. The van der Waals surface area contributed by atoms with Gasteiger partial charge in [-0.1, -0.05) is 0 Å². The molecule has 2 rings (SSSR count). The number of rotatable bonds is 7. The van der Waals surface area contributed by atoms with Gasteiger partial charge in [0.15, 0.2) is 0 Å². The Labute approximate surface area is 111 Å². The molecule has 102 valence electrons. The van der Waals surface area contributed by atoms with E-state index in [4.69, 9.17) is 13.9 Å². The Balaban J connectivity index is 1.73. The van der Waals surface area contributed by atoms with Gasteiger partial charge in [0.1, 0.15) is 17.8 Å². The first-order valence-corrected chi connectivity index (χ1v) is 6.21. The number of nitrogens with one attached hydrogen (secondary N) is 1. The van der Waals surface area contributed by atoms with E-state index in [0.29, 0.717) is 18.3 Å². The van der Waals surface area contributed by atoms with Crippen molar-refractivity contribution in [1.29, 1.82) is 0 Å². The van der Waals surface area contributed by atoms with Crippen LogP contribution in [0.5, 0.6) is 0 Å². The van der Waals surface area contributed by atoms with Gasteiger partial charge in [0.2, 0.25) is 0 Å². The molecule has 0 aliphatic heterocycles. The molecule has 0 aromatic carbocycles. The summed E-state index contributed by atoms with van der Waals surface area (Å²) in [5.41, 5.74) is 0.181. The number of furan rings is 2. The van der Waals surface area contributed by atoms with Crippen molar-refractivity contribution in [2.45, 2.75) is 32.4 Å². The smallest absolute Gasteiger partial charge is 0.338 e. The van der Waals surface area contributed by atoms with E-state index in [1.54, 1.807) is 6.26 Å². The average molecular weight is 263 g/mol. The van der Waals surface area contributed by atoms with Crippen LogP contribution in [0.4, 0.5) is 0 Å². The molecule has 0 bridgehead atoms. The van der Waals surface area contributed by atoms with E-state index in [9.17, 15) is 4.79 Å². The zero-order valence-corrected chi connectivity index (χ0v) is 10.8. The topological polar surface area (TPSA) is 75.6 Å². The molecule has 2 aromatic rings. The van der Waals surface area contributed by atoms with Crippen molar-refractivity contribution in [3.8, 4) is 0 Å². The molecule has 1 unspecified atom stereocenters. The number of carboxylic acids is 1. The molecule has 5 heteroatoms. The standard InChI is InChI=1S/C14H17NO4/c1-10(4-5-12-3-2-6-18-12)15-8-13-7-11(9-19-13)14(16)17/h2-3,6-7,9-10,15H,4-5,8H2,1H3,(H,16,17). The van der Waals surface area contributed by atoms with Crippen molar-refractivity contribution in [2.75, 3.05) is 0 Å². The lowest BCUT2D eigenvalue weighted by molar-refractivity contribution is 0.0696. The summed E-state index contributed by atoms with van der Waals surface area (Å²) in [5, 5.41) is 12.1. The molecule has 19 heavy (non-hydrogen) atoms.